The molecule has 0 atom stereocenters. The molecule has 0 amide bonds. The van der Waals surface area contributed by atoms with Crippen LogP contribution in [0.4, 0.5) is 0 Å². The van der Waals surface area contributed by atoms with Crippen LogP contribution < -0.4 is 0 Å². The molecule has 0 fully saturated rings. The van der Waals surface area contributed by atoms with Crippen molar-refractivity contribution in [3.63, 3.8) is 0 Å². The zero-order valence-corrected chi connectivity index (χ0v) is 5.52. The minimum Gasteiger partial charge on any atom is -0.192 e. The van der Waals surface area contributed by atoms with Crippen LogP contribution >= 0.6 is 0 Å². The van der Waals surface area contributed by atoms with Crippen molar-refractivity contribution in [2.45, 2.75) is 6.92 Å². The Balaban J connectivity index is 4.24. The highest BCUT2D eigenvalue weighted by Gasteiger charge is 1.89. The molecule has 0 N–H and O–H groups in total. The van der Waals surface area contributed by atoms with Crippen LogP contribution in [0.2, 0.25) is 0 Å². The summed E-state index contributed by atoms with van der Waals surface area (Å²) in [6, 6.07) is 1.94. The predicted molar refractivity (Wildman–Crippen MR) is 38.7 cm³/mol. The zero-order valence-electron chi connectivity index (χ0n) is 5.52. The third kappa shape index (κ3) is 2.50. The Bertz CT molecular complexity index is 191. The van der Waals surface area contributed by atoms with Gasteiger partial charge >= 0.3 is 0 Å². The zero-order chi connectivity index (χ0) is 7.28. The van der Waals surface area contributed by atoms with Gasteiger partial charge in [-0.2, -0.15) is 5.26 Å². The average molecular weight is 119 g/mol. The lowest BCUT2D eigenvalue weighted by Crippen LogP contribution is -1.75. The SMILES string of the molecule is C=C/C=C(\C)C(=C)C#N. The van der Waals surface area contributed by atoms with Gasteiger partial charge in [0, 0.05) is 5.57 Å². The van der Waals surface area contributed by atoms with Gasteiger partial charge in [-0.05, 0) is 12.5 Å². The molecule has 0 aromatic carbocycles. The van der Waals surface area contributed by atoms with Crippen molar-refractivity contribution in [2.75, 3.05) is 0 Å². The molecule has 1 nitrogen and oxygen atoms in total. The normalized spacial score (nSPS) is 10.0. The lowest BCUT2D eigenvalue weighted by atomic mass is 10.1. The number of nitrogens with zero attached hydrogens (tertiary/aromatic N) is 1. The topological polar surface area (TPSA) is 23.8 Å². The molecule has 0 unspecified atom stereocenters. The van der Waals surface area contributed by atoms with Gasteiger partial charge in [-0.3, -0.25) is 0 Å². The molecule has 46 valence electrons. The lowest BCUT2D eigenvalue weighted by Gasteiger charge is -1.89. The quantitative estimate of drug-likeness (QED) is 0.404. The summed E-state index contributed by atoms with van der Waals surface area (Å²) >= 11 is 0. The van der Waals surface area contributed by atoms with Crippen LogP contribution in [0, 0.1) is 11.3 Å². The molecule has 0 saturated carbocycles. The molecule has 0 aliphatic heterocycles. The molecule has 1 heteroatoms. The van der Waals surface area contributed by atoms with Crippen LogP contribution in [0.5, 0.6) is 0 Å². The standard InChI is InChI=1S/C8H9N/c1-4-5-7(2)8(3)6-9/h4-5H,1,3H2,2H3/b7-5+. The summed E-state index contributed by atoms with van der Waals surface area (Å²) in [5, 5.41) is 8.31. The highest BCUT2D eigenvalue weighted by molar-refractivity contribution is 5.39. The van der Waals surface area contributed by atoms with Crippen molar-refractivity contribution < 1.29 is 0 Å². The number of hydrogen-bond acceptors (Lipinski definition) is 1. The first kappa shape index (κ1) is 7.71. The Morgan fingerprint density at radius 3 is 2.56 bits per heavy atom. The van der Waals surface area contributed by atoms with Crippen LogP contribution in [0.15, 0.2) is 36.5 Å². The summed E-state index contributed by atoms with van der Waals surface area (Å²) in [5.74, 6) is 0. The van der Waals surface area contributed by atoms with Crippen molar-refractivity contribution in [3.05, 3.63) is 36.5 Å². The molecule has 0 bridgehead atoms. The van der Waals surface area contributed by atoms with Crippen LogP contribution in [0.3, 0.4) is 0 Å². The fourth-order valence-corrected chi connectivity index (χ4v) is 0.366. The van der Waals surface area contributed by atoms with Gasteiger partial charge in [-0.25, -0.2) is 0 Å². The first-order valence-electron chi connectivity index (χ1n) is 2.61. The molecular formula is C8H9N. The summed E-state index contributed by atoms with van der Waals surface area (Å²) in [7, 11) is 0. The largest absolute Gasteiger partial charge is 0.192 e. The van der Waals surface area contributed by atoms with Crippen LogP contribution in [-0.2, 0) is 0 Å². The maximum absolute atomic E-state index is 8.31. The van der Waals surface area contributed by atoms with Crippen molar-refractivity contribution in [2.24, 2.45) is 0 Å². The molecule has 0 aliphatic rings. The minimum absolute atomic E-state index is 0.495. The van der Waals surface area contributed by atoms with Crippen LogP contribution in [0.1, 0.15) is 6.92 Å². The molecule has 0 aliphatic carbocycles. The van der Waals surface area contributed by atoms with Gasteiger partial charge in [0.05, 0.1) is 6.07 Å². The van der Waals surface area contributed by atoms with E-state index in [1.807, 2.05) is 13.0 Å². The first-order chi connectivity index (χ1) is 4.22. The van der Waals surface area contributed by atoms with Gasteiger partial charge in [-0.1, -0.05) is 25.3 Å². The third-order valence-electron chi connectivity index (χ3n) is 0.979. The second-order valence-corrected chi connectivity index (χ2v) is 1.68. The van der Waals surface area contributed by atoms with Gasteiger partial charge in [0.2, 0.25) is 0 Å². The minimum atomic E-state index is 0.495. The summed E-state index contributed by atoms with van der Waals surface area (Å²) in [4.78, 5) is 0. The molecule has 0 radical (unpaired) electrons. The van der Waals surface area contributed by atoms with E-state index in [4.69, 9.17) is 5.26 Å². The number of nitriles is 1. The number of hydrogen-bond donors (Lipinski definition) is 0. The predicted octanol–water partition coefficient (Wildman–Crippen LogP) is 2.20. The fraction of sp³-hybridized carbons (Fsp3) is 0.125. The Hall–Kier alpha value is -1.29. The maximum Gasteiger partial charge on any atom is 0.0988 e. The molecule has 9 heavy (non-hydrogen) atoms. The molecule has 0 aromatic heterocycles. The smallest absolute Gasteiger partial charge is 0.0988 e. The second kappa shape index (κ2) is 3.68. The van der Waals surface area contributed by atoms with Gasteiger partial charge in [0.25, 0.3) is 0 Å². The third-order valence-corrected chi connectivity index (χ3v) is 0.979. The van der Waals surface area contributed by atoms with Gasteiger partial charge in [0.15, 0.2) is 0 Å². The van der Waals surface area contributed by atoms with E-state index in [0.717, 1.165) is 5.57 Å². The fourth-order valence-electron chi connectivity index (χ4n) is 0.366. The van der Waals surface area contributed by atoms with E-state index < -0.39 is 0 Å². The van der Waals surface area contributed by atoms with Gasteiger partial charge in [0.1, 0.15) is 0 Å². The van der Waals surface area contributed by atoms with Crippen LogP contribution in [-0.4, -0.2) is 0 Å². The lowest BCUT2D eigenvalue weighted by molar-refractivity contribution is 1.41. The maximum atomic E-state index is 8.31. The van der Waals surface area contributed by atoms with E-state index in [1.165, 1.54) is 0 Å². The molecule has 0 rings (SSSR count). The van der Waals surface area contributed by atoms with E-state index in [-0.39, 0.29) is 0 Å². The van der Waals surface area contributed by atoms with E-state index in [2.05, 4.69) is 13.2 Å². The first-order valence-corrected chi connectivity index (χ1v) is 2.61. The van der Waals surface area contributed by atoms with Gasteiger partial charge < -0.3 is 0 Å². The number of allylic oxidation sites excluding steroid dienone is 4. The molecule has 0 saturated heterocycles. The Morgan fingerprint density at radius 2 is 2.22 bits per heavy atom. The summed E-state index contributed by atoms with van der Waals surface area (Å²) in [6.07, 6.45) is 3.39. The molecule has 0 heterocycles. The molecule has 0 spiro atoms. The second-order valence-electron chi connectivity index (χ2n) is 1.68. The van der Waals surface area contributed by atoms with Crippen molar-refractivity contribution in [3.8, 4) is 6.07 Å². The highest BCUT2D eigenvalue weighted by Crippen LogP contribution is 2.03. The van der Waals surface area contributed by atoms with Gasteiger partial charge in [-0.15, -0.1) is 0 Å². The Labute approximate surface area is 55.6 Å². The molecule has 0 aromatic rings. The summed E-state index contributed by atoms with van der Waals surface area (Å²) in [6.45, 7) is 8.83. The summed E-state index contributed by atoms with van der Waals surface area (Å²) < 4.78 is 0. The van der Waals surface area contributed by atoms with Crippen molar-refractivity contribution >= 4 is 0 Å². The van der Waals surface area contributed by atoms with Crippen molar-refractivity contribution in [1.29, 1.82) is 5.26 Å². The molecular weight excluding hydrogens is 110 g/mol. The Kier molecular flexibility index (Phi) is 3.15. The summed E-state index contributed by atoms with van der Waals surface area (Å²) in [5.41, 5.74) is 1.36. The van der Waals surface area contributed by atoms with Crippen molar-refractivity contribution in [1.82, 2.24) is 0 Å². The van der Waals surface area contributed by atoms with E-state index in [9.17, 15) is 0 Å². The van der Waals surface area contributed by atoms with E-state index >= 15 is 0 Å². The van der Waals surface area contributed by atoms with E-state index in [1.54, 1.807) is 12.2 Å². The average Bonchev–Trinajstić information content (AvgIpc) is 1.87. The number of rotatable bonds is 2. The monoisotopic (exact) mass is 119 g/mol. The van der Waals surface area contributed by atoms with Crippen LogP contribution in [0.25, 0.3) is 0 Å². The van der Waals surface area contributed by atoms with E-state index in [0.29, 0.717) is 5.57 Å². The highest BCUT2D eigenvalue weighted by atomic mass is 14.2. The Morgan fingerprint density at radius 1 is 1.67 bits per heavy atom.